The molecule has 0 bridgehead atoms. The second-order valence-corrected chi connectivity index (χ2v) is 5.84. The zero-order valence-electron chi connectivity index (χ0n) is 11.3. The van der Waals surface area contributed by atoms with Crippen molar-refractivity contribution in [3.05, 3.63) is 29.0 Å². The van der Waals surface area contributed by atoms with Gasteiger partial charge in [-0.25, -0.2) is 4.98 Å². The summed E-state index contributed by atoms with van der Waals surface area (Å²) in [5.41, 5.74) is 1.04. The number of hydrogen-bond acceptors (Lipinski definition) is 5. The van der Waals surface area contributed by atoms with Gasteiger partial charge in [0.1, 0.15) is 5.76 Å². The average molecular weight is 278 g/mol. The van der Waals surface area contributed by atoms with Crippen molar-refractivity contribution >= 4 is 11.3 Å². The van der Waals surface area contributed by atoms with E-state index in [0.717, 1.165) is 48.5 Å². The van der Waals surface area contributed by atoms with E-state index in [1.165, 1.54) is 0 Å². The molecule has 4 nitrogen and oxygen atoms in total. The Morgan fingerprint density at radius 1 is 1.53 bits per heavy atom. The molecule has 0 aromatic carbocycles. The molecule has 3 rings (SSSR count). The Labute approximate surface area is 117 Å². The van der Waals surface area contributed by atoms with Crippen LogP contribution in [0.3, 0.4) is 0 Å². The van der Waals surface area contributed by atoms with Gasteiger partial charge >= 0.3 is 0 Å². The van der Waals surface area contributed by atoms with E-state index in [4.69, 9.17) is 9.15 Å². The number of aromatic nitrogens is 1. The Hall–Kier alpha value is -1.17. The zero-order chi connectivity index (χ0) is 13.2. The molecule has 19 heavy (non-hydrogen) atoms. The second kappa shape index (κ2) is 5.45. The Kier molecular flexibility index (Phi) is 3.68. The van der Waals surface area contributed by atoms with E-state index < -0.39 is 0 Å². The van der Waals surface area contributed by atoms with E-state index >= 15 is 0 Å². The van der Waals surface area contributed by atoms with Crippen molar-refractivity contribution in [1.29, 1.82) is 0 Å². The van der Waals surface area contributed by atoms with Crippen LogP contribution in [0.4, 0.5) is 0 Å². The largest absolute Gasteiger partial charge is 0.440 e. The molecule has 1 fully saturated rings. The van der Waals surface area contributed by atoms with Crippen LogP contribution in [0, 0.1) is 6.92 Å². The van der Waals surface area contributed by atoms with Crippen molar-refractivity contribution in [3.8, 4) is 10.8 Å². The second-order valence-electron chi connectivity index (χ2n) is 4.89. The van der Waals surface area contributed by atoms with Gasteiger partial charge in [-0.15, -0.1) is 11.3 Å². The van der Waals surface area contributed by atoms with Crippen molar-refractivity contribution in [3.63, 3.8) is 0 Å². The predicted molar refractivity (Wildman–Crippen MR) is 75.2 cm³/mol. The number of rotatable bonds is 3. The molecule has 1 aliphatic rings. The fourth-order valence-corrected chi connectivity index (χ4v) is 2.92. The quantitative estimate of drug-likeness (QED) is 0.865. The third-order valence-corrected chi connectivity index (χ3v) is 4.34. The van der Waals surface area contributed by atoms with Crippen LogP contribution in [-0.2, 0) is 11.3 Å². The van der Waals surface area contributed by atoms with E-state index in [2.05, 4.69) is 16.8 Å². The highest BCUT2D eigenvalue weighted by Gasteiger charge is 2.22. The number of thiophene rings is 1. The zero-order valence-corrected chi connectivity index (χ0v) is 12.1. The summed E-state index contributed by atoms with van der Waals surface area (Å²) in [6.07, 6.45) is 0. The van der Waals surface area contributed by atoms with E-state index in [1.807, 2.05) is 24.4 Å². The molecular formula is C14H18N2O2S. The van der Waals surface area contributed by atoms with Gasteiger partial charge in [0.15, 0.2) is 0 Å². The standard InChI is InChI=1S/C14H18N2O2S/c1-10-9-17-6-5-16(10)8-12-11(2)18-14(15-12)13-4-3-7-19-13/h3-4,7,10H,5-6,8-9H2,1-2H3. The lowest BCUT2D eigenvalue weighted by Crippen LogP contribution is -2.43. The van der Waals surface area contributed by atoms with Crippen molar-refractivity contribution in [2.24, 2.45) is 0 Å². The van der Waals surface area contributed by atoms with Gasteiger partial charge in [0.25, 0.3) is 0 Å². The van der Waals surface area contributed by atoms with Crippen LogP contribution in [0.5, 0.6) is 0 Å². The van der Waals surface area contributed by atoms with Crippen LogP contribution < -0.4 is 0 Å². The summed E-state index contributed by atoms with van der Waals surface area (Å²) in [5, 5.41) is 2.04. The molecule has 0 N–H and O–H groups in total. The Bertz CT molecular complexity index is 536. The molecule has 2 aromatic heterocycles. The molecule has 0 spiro atoms. The van der Waals surface area contributed by atoms with Gasteiger partial charge in [-0.2, -0.15) is 0 Å². The highest BCUT2D eigenvalue weighted by Crippen LogP contribution is 2.26. The van der Waals surface area contributed by atoms with Crippen LogP contribution in [-0.4, -0.2) is 35.7 Å². The summed E-state index contributed by atoms with van der Waals surface area (Å²) >= 11 is 1.65. The van der Waals surface area contributed by atoms with Gasteiger partial charge < -0.3 is 9.15 Å². The molecule has 1 saturated heterocycles. The molecule has 0 saturated carbocycles. The molecule has 0 amide bonds. The van der Waals surface area contributed by atoms with Crippen LogP contribution in [0.1, 0.15) is 18.4 Å². The molecule has 0 aliphatic carbocycles. The summed E-state index contributed by atoms with van der Waals surface area (Å²) < 4.78 is 11.2. The summed E-state index contributed by atoms with van der Waals surface area (Å²) in [6.45, 7) is 7.58. The molecule has 1 aliphatic heterocycles. The van der Waals surface area contributed by atoms with Gasteiger partial charge in [0, 0.05) is 19.1 Å². The smallest absolute Gasteiger partial charge is 0.236 e. The molecule has 0 radical (unpaired) electrons. The fraction of sp³-hybridized carbons (Fsp3) is 0.500. The Morgan fingerprint density at radius 2 is 2.42 bits per heavy atom. The maximum atomic E-state index is 5.78. The topological polar surface area (TPSA) is 38.5 Å². The van der Waals surface area contributed by atoms with Crippen molar-refractivity contribution < 1.29 is 9.15 Å². The minimum atomic E-state index is 0.440. The summed E-state index contributed by atoms with van der Waals surface area (Å²) in [7, 11) is 0. The lowest BCUT2D eigenvalue weighted by molar-refractivity contribution is -0.00502. The SMILES string of the molecule is Cc1oc(-c2cccs2)nc1CN1CCOCC1C. The lowest BCUT2D eigenvalue weighted by Gasteiger charge is -2.32. The van der Waals surface area contributed by atoms with E-state index in [9.17, 15) is 0 Å². The molecule has 3 heterocycles. The first-order valence-corrected chi connectivity index (χ1v) is 7.44. The van der Waals surface area contributed by atoms with Crippen LogP contribution >= 0.6 is 11.3 Å². The fourth-order valence-electron chi connectivity index (χ4n) is 2.27. The van der Waals surface area contributed by atoms with Crippen LogP contribution in [0.15, 0.2) is 21.9 Å². The van der Waals surface area contributed by atoms with Gasteiger partial charge in [0.2, 0.25) is 5.89 Å². The monoisotopic (exact) mass is 278 g/mol. The van der Waals surface area contributed by atoms with Crippen molar-refractivity contribution in [2.45, 2.75) is 26.4 Å². The highest BCUT2D eigenvalue weighted by atomic mass is 32.1. The number of hydrogen-bond donors (Lipinski definition) is 0. The average Bonchev–Trinajstić information content (AvgIpc) is 3.02. The van der Waals surface area contributed by atoms with Gasteiger partial charge in [0.05, 0.1) is 23.8 Å². The molecular weight excluding hydrogens is 260 g/mol. The van der Waals surface area contributed by atoms with E-state index in [1.54, 1.807) is 11.3 Å². The summed E-state index contributed by atoms with van der Waals surface area (Å²) in [6, 6.07) is 4.50. The van der Waals surface area contributed by atoms with E-state index in [-0.39, 0.29) is 0 Å². The summed E-state index contributed by atoms with van der Waals surface area (Å²) in [4.78, 5) is 8.12. The molecule has 1 unspecified atom stereocenters. The van der Waals surface area contributed by atoms with Gasteiger partial charge in [-0.3, -0.25) is 4.90 Å². The Balaban J connectivity index is 1.78. The van der Waals surface area contributed by atoms with Gasteiger partial charge in [-0.1, -0.05) is 6.07 Å². The van der Waals surface area contributed by atoms with Crippen LogP contribution in [0.2, 0.25) is 0 Å². The molecule has 5 heteroatoms. The van der Waals surface area contributed by atoms with Crippen molar-refractivity contribution in [1.82, 2.24) is 9.88 Å². The first kappa shape index (κ1) is 12.8. The normalized spacial score (nSPS) is 20.8. The minimum absolute atomic E-state index is 0.440. The maximum absolute atomic E-state index is 5.78. The minimum Gasteiger partial charge on any atom is -0.440 e. The Morgan fingerprint density at radius 3 is 3.16 bits per heavy atom. The first-order chi connectivity index (χ1) is 9.24. The number of nitrogens with zero attached hydrogens (tertiary/aromatic N) is 2. The number of aryl methyl sites for hydroxylation is 1. The molecule has 2 aromatic rings. The molecule has 1 atom stereocenters. The highest BCUT2D eigenvalue weighted by molar-refractivity contribution is 7.13. The first-order valence-electron chi connectivity index (χ1n) is 6.56. The summed E-state index contributed by atoms with van der Waals surface area (Å²) in [5.74, 6) is 1.66. The van der Waals surface area contributed by atoms with Crippen molar-refractivity contribution in [2.75, 3.05) is 19.8 Å². The van der Waals surface area contributed by atoms with Gasteiger partial charge in [-0.05, 0) is 25.3 Å². The van der Waals surface area contributed by atoms with E-state index in [0.29, 0.717) is 6.04 Å². The predicted octanol–water partition coefficient (Wildman–Crippen LogP) is 2.93. The number of morpholine rings is 1. The number of ether oxygens (including phenoxy) is 1. The lowest BCUT2D eigenvalue weighted by atomic mass is 10.2. The molecule has 102 valence electrons. The maximum Gasteiger partial charge on any atom is 0.236 e. The third kappa shape index (κ3) is 2.73. The number of oxazole rings is 1. The third-order valence-electron chi connectivity index (χ3n) is 3.48. The van der Waals surface area contributed by atoms with Crippen LogP contribution in [0.25, 0.3) is 10.8 Å².